The number of nitrogens with zero attached hydrogens (tertiary/aromatic N) is 2. The molecule has 0 radical (unpaired) electrons. The number of hydrogen-bond donors (Lipinski definition) is 1. The Labute approximate surface area is 101 Å². The van der Waals surface area contributed by atoms with Gasteiger partial charge in [0.2, 0.25) is 0 Å². The Morgan fingerprint density at radius 1 is 1.38 bits per heavy atom. The highest BCUT2D eigenvalue weighted by atomic mass is 79.9. The summed E-state index contributed by atoms with van der Waals surface area (Å²) in [6, 6.07) is 6.52. The minimum Gasteiger partial charge on any atom is -0.330 e. The van der Waals surface area contributed by atoms with Crippen molar-refractivity contribution in [3.63, 3.8) is 0 Å². The van der Waals surface area contributed by atoms with Crippen molar-refractivity contribution in [2.45, 2.75) is 6.42 Å². The Kier molecular flexibility index (Phi) is 3.36. The average molecular weight is 284 g/mol. The predicted molar refractivity (Wildman–Crippen MR) is 64.0 cm³/mol. The fourth-order valence-corrected chi connectivity index (χ4v) is 1.93. The summed E-state index contributed by atoms with van der Waals surface area (Å²) >= 11 is 3.38. The number of rotatable bonds is 3. The monoisotopic (exact) mass is 283 g/mol. The molecule has 2 aromatic rings. The van der Waals surface area contributed by atoms with Crippen LogP contribution in [0.25, 0.3) is 5.69 Å². The van der Waals surface area contributed by atoms with Crippen molar-refractivity contribution in [3.05, 3.63) is 46.4 Å². The highest BCUT2D eigenvalue weighted by molar-refractivity contribution is 9.10. The molecule has 0 atom stereocenters. The van der Waals surface area contributed by atoms with E-state index in [2.05, 4.69) is 21.0 Å². The maximum absolute atomic E-state index is 13.5. The summed E-state index contributed by atoms with van der Waals surface area (Å²) in [6.07, 6.45) is 2.41. The van der Waals surface area contributed by atoms with Gasteiger partial charge in [0.25, 0.3) is 0 Å². The second-order valence-electron chi connectivity index (χ2n) is 3.36. The van der Waals surface area contributed by atoms with Gasteiger partial charge in [-0.2, -0.15) is 5.10 Å². The van der Waals surface area contributed by atoms with Crippen LogP contribution < -0.4 is 5.73 Å². The SMILES string of the molecule is NCCc1nn(-c2ccccc2F)cc1Br. The van der Waals surface area contributed by atoms with Gasteiger partial charge >= 0.3 is 0 Å². The Morgan fingerprint density at radius 3 is 2.81 bits per heavy atom. The zero-order chi connectivity index (χ0) is 11.5. The largest absolute Gasteiger partial charge is 0.330 e. The Balaban J connectivity index is 2.42. The highest BCUT2D eigenvalue weighted by Gasteiger charge is 2.09. The highest BCUT2D eigenvalue weighted by Crippen LogP contribution is 2.19. The van der Waals surface area contributed by atoms with Crippen molar-refractivity contribution in [3.8, 4) is 5.69 Å². The quantitative estimate of drug-likeness (QED) is 0.939. The van der Waals surface area contributed by atoms with E-state index in [-0.39, 0.29) is 5.82 Å². The molecule has 3 nitrogen and oxygen atoms in total. The predicted octanol–water partition coefficient (Wildman–Crippen LogP) is 2.28. The van der Waals surface area contributed by atoms with Gasteiger partial charge in [0, 0.05) is 12.6 Å². The molecule has 84 valence electrons. The lowest BCUT2D eigenvalue weighted by Crippen LogP contribution is -2.05. The van der Waals surface area contributed by atoms with E-state index in [1.807, 2.05) is 0 Å². The molecule has 0 unspecified atom stereocenters. The number of hydrogen-bond acceptors (Lipinski definition) is 2. The lowest BCUT2D eigenvalue weighted by molar-refractivity contribution is 0.609. The molecule has 0 saturated heterocycles. The number of aromatic nitrogens is 2. The van der Waals surface area contributed by atoms with Gasteiger partial charge in [0.05, 0.1) is 10.2 Å². The van der Waals surface area contributed by atoms with E-state index in [0.29, 0.717) is 18.7 Å². The minimum atomic E-state index is -0.295. The molecule has 16 heavy (non-hydrogen) atoms. The van der Waals surface area contributed by atoms with Crippen molar-refractivity contribution in [1.82, 2.24) is 9.78 Å². The first-order chi connectivity index (χ1) is 7.72. The average Bonchev–Trinajstić information content (AvgIpc) is 2.61. The third-order valence-corrected chi connectivity index (χ3v) is 2.88. The van der Waals surface area contributed by atoms with Gasteiger partial charge in [0.15, 0.2) is 0 Å². The summed E-state index contributed by atoms with van der Waals surface area (Å²) in [6.45, 7) is 0.521. The first kappa shape index (κ1) is 11.3. The van der Waals surface area contributed by atoms with E-state index < -0.39 is 0 Å². The lowest BCUT2D eigenvalue weighted by atomic mass is 10.3. The van der Waals surface area contributed by atoms with Crippen LogP contribution in [0.4, 0.5) is 4.39 Å². The molecule has 0 bridgehead atoms. The van der Waals surface area contributed by atoms with E-state index in [9.17, 15) is 4.39 Å². The number of benzene rings is 1. The first-order valence-corrected chi connectivity index (χ1v) is 5.70. The Bertz CT molecular complexity index is 496. The zero-order valence-corrected chi connectivity index (χ0v) is 10.1. The van der Waals surface area contributed by atoms with Crippen LogP contribution in [0.1, 0.15) is 5.69 Å². The molecule has 2 N–H and O–H groups in total. The fraction of sp³-hybridized carbons (Fsp3) is 0.182. The molecule has 0 saturated carbocycles. The molecule has 0 fully saturated rings. The van der Waals surface area contributed by atoms with E-state index in [1.54, 1.807) is 24.4 Å². The molecule has 0 aliphatic heterocycles. The Morgan fingerprint density at radius 2 is 2.12 bits per heavy atom. The van der Waals surface area contributed by atoms with Gasteiger partial charge in [0.1, 0.15) is 11.5 Å². The van der Waals surface area contributed by atoms with E-state index >= 15 is 0 Å². The molecule has 2 rings (SSSR count). The standard InChI is InChI=1S/C11H11BrFN3/c12-8-7-16(15-10(8)5-6-14)11-4-2-1-3-9(11)13/h1-4,7H,5-6,14H2. The van der Waals surface area contributed by atoms with Gasteiger partial charge < -0.3 is 5.73 Å². The van der Waals surface area contributed by atoms with Crippen molar-refractivity contribution >= 4 is 15.9 Å². The lowest BCUT2D eigenvalue weighted by Gasteiger charge is -2.01. The summed E-state index contributed by atoms with van der Waals surface area (Å²) in [7, 11) is 0. The second-order valence-corrected chi connectivity index (χ2v) is 4.21. The molecule has 0 spiro atoms. The summed E-state index contributed by atoms with van der Waals surface area (Å²) in [5.41, 5.74) is 6.74. The van der Waals surface area contributed by atoms with Crippen LogP contribution in [-0.2, 0) is 6.42 Å². The van der Waals surface area contributed by atoms with Crippen LogP contribution in [0.3, 0.4) is 0 Å². The number of halogens is 2. The van der Waals surface area contributed by atoms with Gasteiger partial charge in [-0.3, -0.25) is 0 Å². The molecule has 5 heteroatoms. The second kappa shape index (κ2) is 4.76. The maximum atomic E-state index is 13.5. The first-order valence-electron chi connectivity index (χ1n) is 4.91. The van der Waals surface area contributed by atoms with Gasteiger partial charge in [-0.25, -0.2) is 9.07 Å². The third kappa shape index (κ3) is 2.15. The van der Waals surface area contributed by atoms with Crippen molar-refractivity contribution in [2.75, 3.05) is 6.54 Å². The van der Waals surface area contributed by atoms with Crippen LogP contribution in [0.5, 0.6) is 0 Å². The van der Waals surface area contributed by atoms with Crippen molar-refractivity contribution in [2.24, 2.45) is 5.73 Å². The van der Waals surface area contributed by atoms with Crippen LogP contribution in [0.15, 0.2) is 34.9 Å². The van der Waals surface area contributed by atoms with Crippen LogP contribution >= 0.6 is 15.9 Å². The molecule has 0 aliphatic carbocycles. The van der Waals surface area contributed by atoms with Crippen LogP contribution in [-0.4, -0.2) is 16.3 Å². The summed E-state index contributed by atoms with van der Waals surface area (Å²) < 4.78 is 15.9. The summed E-state index contributed by atoms with van der Waals surface area (Å²) in [5.74, 6) is -0.295. The topological polar surface area (TPSA) is 43.8 Å². The van der Waals surface area contributed by atoms with E-state index in [1.165, 1.54) is 10.7 Å². The van der Waals surface area contributed by atoms with Crippen molar-refractivity contribution in [1.29, 1.82) is 0 Å². The van der Waals surface area contributed by atoms with Gasteiger partial charge in [-0.15, -0.1) is 0 Å². The smallest absolute Gasteiger partial charge is 0.148 e. The van der Waals surface area contributed by atoms with Crippen LogP contribution in [0, 0.1) is 5.82 Å². The Hall–Kier alpha value is -1.20. The van der Waals surface area contributed by atoms with Crippen LogP contribution in [0.2, 0.25) is 0 Å². The van der Waals surface area contributed by atoms with Crippen molar-refractivity contribution < 1.29 is 4.39 Å². The number of nitrogens with two attached hydrogens (primary N) is 1. The van der Waals surface area contributed by atoms with E-state index in [4.69, 9.17) is 5.73 Å². The van der Waals surface area contributed by atoms with Gasteiger partial charge in [-0.1, -0.05) is 12.1 Å². The zero-order valence-electron chi connectivity index (χ0n) is 8.53. The third-order valence-electron chi connectivity index (χ3n) is 2.22. The molecule has 0 amide bonds. The summed E-state index contributed by atoms with van der Waals surface area (Å²) in [4.78, 5) is 0. The minimum absolute atomic E-state index is 0.295. The van der Waals surface area contributed by atoms with Gasteiger partial charge in [-0.05, 0) is 34.6 Å². The molecule has 1 aromatic carbocycles. The molecule has 1 aromatic heterocycles. The molecule has 0 aliphatic rings. The summed E-state index contributed by atoms with van der Waals surface area (Å²) in [5, 5.41) is 4.28. The molecule has 1 heterocycles. The molecular weight excluding hydrogens is 273 g/mol. The maximum Gasteiger partial charge on any atom is 0.148 e. The van der Waals surface area contributed by atoms with E-state index in [0.717, 1.165) is 10.2 Å². The number of para-hydroxylation sites is 1. The normalized spacial score (nSPS) is 10.7. The fourth-order valence-electron chi connectivity index (χ4n) is 1.46. The molecular formula is C11H11BrFN3.